The van der Waals surface area contributed by atoms with Crippen molar-refractivity contribution in [2.45, 2.75) is 6.04 Å². The number of hydrogen-bond donors (Lipinski definition) is 1. The summed E-state index contributed by atoms with van der Waals surface area (Å²) in [6.07, 6.45) is 5.12. The van der Waals surface area contributed by atoms with Gasteiger partial charge in [-0.15, -0.1) is 0 Å². The third-order valence-electron chi connectivity index (χ3n) is 0.979. The van der Waals surface area contributed by atoms with Crippen LogP contribution in [0.4, 0.5) is 0 Å². The zero-order valence-electron chi connectivity index (χ0n) is 4.64. The summed E-state index contributed by atoms with van der Waals surface area (Å²) < 4.78 is 0. The topological polar surface area (TPSA) is 26.0 Å². The number of hydrogen-bond acceptors (Lipinski definition) is 1. The van der Waals surface area contributed by atoms with Crippen LogP contribution < -0.4 is 5.73 Å². The third-order valence-corrected chi connectivity index (χ3v) is 1.45. The minimum absolute atomic E-state index is 0.130. The average Bonchev–Trinajstić information content (AvgIpc) is 1.59. The van der Waals surface area contributed by atoms with Gasteiger partial charge < -0.3 is 5.73 Å². The highest BCUT2D eigenvalue weighted by molar-refractivity contribution is 6.35. The summed E-state index contributed by atoms with van der Waals surface area (Å²) in [5.41, 5.74) is 5.47. The average molecular weight is 163 g/mol. The molecule has 49 valence electrons. The van der Waals surface area contributed by atoms with Crippen LogP contribution >= 0.6 is 23.2 Å². The SMILES string of the molecule is NC1[CH]C(Cl)=CC(Cl)=C1. The number of halogens is 2. The molecular weight excluding hydrogens is 157 g/mol. The Morgan fingerprint density at radius 1 is 1.33 bits per heavy atom. The van der Waals surface area contributed by atoms with Crippen molar-refractivity contribution in [3.05, 3.63) is 28.6 Å². The van der Waals surface area contributed by atoms with Crippen LogP contribution in [0.15, 0.2) is 22.2 Å². The highest BCUT2D eigenvalue weighted by Crippen LogP contribution is 2.20. The summed E-state index contributed by atoms with van der Waals surface area (Å²) in [4.78, 5) is 0. The lowest BCUT2D eigenvalue weighted by Crippen LogP contribution is -2.19. The molecule has 0 saturated carbocycles. The Bertz CT molecular complexity index is 172. The van der Waals surface area contributed by atoms with Gasteiger partial charge in [-0.2, -0.15) is 0 Å². The van der Waals surface area contributed by atoms with E-state index in [2.05, 4.69) is 0 Å². The van der Waals surface area contributed by atoms with Gasteiger partial charge in [0, 0.05) is 22.5 Å². The van der Waals surface area contributed by atoms with Gasteiger partial charge in [0.2, 0.25) is 0 Å². The first kappa shape index (κ1) is 7.13. The lowest BCUT2D eigenvalue weighted by molar-refractivity contribution is 0.957. The molecule has 0 spiro atoms. The molecule has 0 heterocycles. The molecule has 0 saturated heterocycles. The summed E-state index contributed by atoms with van der Waals surface area (Å²) in [6.45, 7) is 0. The summed E-state index contributed by atoms with van der Waals surface area (Å²) >= 11 is 11.2. The van der Waals surface area contributed by atoms with Gasteiger partial charge in [0.05, 0.1) is 0 Å². The van der Waals surface area contributed by atoms with Gasteiger partial charge >= 0.3 is 0 Å². The van der Waals surface area contributed by atoms with Crippen molar-refractivity contribution < 1.29 is 0 Å². The zero-order chi connectivity index (χ0) is 6.85. The van der Waals surface area contributed by atoms with E-state index in [9.17, 15) is 0 Å². The van der Waals surface area contributed by atoms with E-state index < -0.39 is 0 Å². The van der Waals surface area contributed by atoms with Crippen LogP contribution in [0, 0.1) is 6.42 Å². The van der Waals surface area contributed by atoms with Crippen molar-refractivity contribution in [3.8, 4) is 0 Å². The molecule has 0 bridgehead atoms. The van der Waals surface area contributed by atoms with Crippen molar-refractivity contribution in [2.75, 3.05) is 0 Å². The summed E-state index contributed by atoms with van der Waals surface area (Å²) in [5, 5.41) is 1.21. The second kappa shape index (κ2) is 2.74. The van der Waals surface area contributed by atoms with Crippen LogP contribution in [0.5, 0.6) is 0 Å². The van der Waals surface area contributed by atoms with Gasteiger partial charge in [-0.3, -0.25) is 0 Å². The van der Waals surface area contributed by atoms with E-state index in [1.807, 2.05) is 0 Å². The number of allylic oxidation sites excluding steroid dienone is 2. The molecule has 0 aromatic heterocycles. The number of rotatable bonds is 0. The van der Waals surface area contributed by atoms with Gasteiger partial charge in [-0.25, -0.2) is 0 Å². The smallest absolute Gasteiger partial charge is 0.0393 e. The predicted molar refractivity (Wildman–Crippen MR) is 40.1 cm³/mol. The predicted octanol–water partition coefficient (Wildman–Crippen LogP) is 1.78. The van der Waals surface area contributed by atoms with E-state index in [0.717, 1.165) is 0 Å². The van der Waals surface area contributed by atoms with E-state index in [4.69, 9.17) is 28.9 Å². The fraction of sp³-hybridized carbons (Fsp3) is 0.167. The van der Waals surface area contributed by atoms with E-state index >= 15 is 0 Å². The van der Waals surface area contributed by atoms with Crippen molar-refractivity contribution in [1.29, 1.82) is 0 Å². The quantitative estimate of drug-likeness (QED) is 0.578. The van der Waals surface area contributed by atoms with Crippen LogP contribution in [0.25, 0.3) is 0 Å². The van der Waals surface area contributed by atoms with Crippen LogP contribution in [0.2, 0.25) is 0 Å². The molecule has 9 heavy (non-hydrogen) atoms. The molecule has 1 rings (SSSR count). The molecule has 1 radical (unpaired) electrons. The zero-order valence-corrected chi connectivity index (χ0v) is 6.15. The summed E-state index contributed by atoms with van der Waals surface area (Å²) in [6, 6.07) is -0.130. The van der Waals surface area contributed by atoms with Gasteiger partial charge in [0.1, 0.15) is 0 Å². The van der Waals surface area contributed by atoms with Crippen molar-refractivity contribution >= 4 is 23.2 Å². The summed E-state index contributed by atoms with van der Waals surface area (Å²) in [7, 11) is 0. The molecule has 3 heteroatoms. The lowest BCUT2D eigenvalue weighted by Gasteiger charge is -2.09. The highest BCUT2D eigenvalue weighted by Gasteiger charge is 2.08. The van der Waals surface area contributed by atoms with Crippen LogP contribution in [0.3, 0.4) is 0 Å². The minimum atomic E-state index is -0.130. The van der Waals surface area contributed by atoms with Crippen LogP contribution in [-0.4, -0.2) is 6.04 Å². The molecule has 2 N–H and O–H groups in total. The highest BCUT2D eigenvalue weighted by atomic mass is 35.5. The molecule has 1 atom stereocenters. The number of nitrogens with two attached hydrogens (primary N) is 1. The molecule has 1 unspecified atom stereocenters. The van der Waals surface area contributed by atoms with E-state index in [-0.39, 0.29) is 6.04 Å². The molecule has 1 nitrogen and oxygen atoms in total. The first-order chi connectivity index (χ1) is 4.18. The standard InChI is InChI=1S/C6H6Cl2N/c7-4-1-5(8)3-6(9)2-4/h1-3,6H,9H2. The van der Waals surface area contributed by atoms with Crippen molar-refractivity contribution in [2.24, 2.45) is 5.73 Å². The molecule has 0 amide bonds. The largest absolute Gasteiger partial charge is 0.324 e. The Balaban J connectivity index is 2.74. The van der Waals surface area contributed by atoms with E-state index in [1.54, 1.807) is 18.6 Å². The van der Waals surface area contributed by atoms with Gasteiger partial charge in [-0.05, 0) is 12.2 Å². The molecule has 0 aliphatic heterocycles. The lowest BCUT2D eigenvalue weighted by atomic mass is 10.1. The van der Waals surface area contributed by atoms with E-state index in [1.165, 1.54) is 0 Å². The fourth-order valence-corrected chi connectivity index (χ4v) is 1.23. The van der Waals surface area contributed by atoms with Gasteiger partial charge in [0.25, 0.3) is 0 Å². The third kappa shape index (κ3) is 2.01. The van der Waals surface area contributed by atoms with Crippen LogP contribution in [0.1, 0.15) is 0 Å². The molecule has 0 fully saturated rings. The first-order valence-electron chi connectivity index (χ1n) is 2.53. The molecule has 1 aliphatic carbocycles. The van der Waals surface area contributed by atoms with Crippen LogP contribution in [-0.2, 0) is 0 Å². The molecule has 0 aromatic carbocycles. The second-order valence-electron chi connectivity index (χ2n) is 1.82. The Hall–Kier alpha value is 0.0200. The Labute approximate surface area is 64.1 Å². The second-order valence-corrected chi connectivity index (χ2v) is 2.70. The first-order valence-corrected chi connectivity index (χ1v) is 3.29. The fourth-order valence-electron chi connectivity index (χ4n) is 0.644. The van der Waals surface area contributed by atoms with E-state index in [0.29, 0.717) is 10.1 Å². The maximum atomic E-state index is 5.61. The van der Waals surface area contributed by atoms with Crippen molar-refractivity contribution in [3.63, 3.8) is 0 Å². The molecular formula is C6H6Cl2N. The Kier molecular flexibility index (Phi) is 2.17. The van der Waals surface area contributed by atoms with Gasteiger partial charge in [0.15, 0.2) is 0 Å². The minimum Gasteiger partial charge on any atom is -0.324 e. The summed E-state index contributed by atoms with van der Waals surface area (Å²) in [5.74, 6) is 0. The molecule has 0 aromatic rings. The van der Waals surface area contributed by atoms with Gasteiger partial charge in [-0.1, -0.05) is 23.2 Å². The Morgan fingerprint density at radius 2 is 2.00 bits per heavy atom. The van der Waals surface area contributed by atoms with Crippen molar-refractivity contribution in [1.82, 2.24) is 0 Å². The maximum absolute atomic E-state index is 5.61. The maximum Gasteiger partial charge on any atom is 0.0393 e. The monoisotopic (exact) mass is 162 g/mol. The Morgan fingerprint density at radius 3 is 2.44 bits per heavy atom. The normalized spacial score (nSPS) is 27.2. The molecule has 1 aliphatic rings.